The first-order valence-electron chi connectivity index (χ1n) is 5.48. The van der Waals surface area contributed by atoms with Gasteiger partial charge < -0.3 is 9.84 Å². The van der Waals surface area contributed by atoms with Crippen molar-refractivity contribution in [3.8, 4) is 5.75 Å². The van der Waals surface area contributed by atoms with Gasteiger partial charge in [-0.15, -0.1) is 0 Å². The molecule has 0 fully saturated rings. The minimum Gasteiger partial charge on any atom is -0.494 e. The van der Waals surface area contributed by atoms with Gasteiger partial charge in [-0.1, -0.05) is 12.1 Å². The average molecular weight is 230 g/mol. The molecule has 0 bridgehead atoms. The molecule has 17 heavy (non-hydrogen) atoms. The van der Waals surface area contributed by atoms with Crippen LogP contribution in [-0.2, 0) is 0 Å². The van der Waals surface area contributed by atoms with Gasteiger partial charge in [-0.05, 0) is 30.7 Å². The quantitative estimate of drug-likeness (QED) is 0.872. The fourth-order valence-electron chi connectivity index (χ4n) is 1.60. The third kappa shape index (κ3) is 2.79. The van der Waals surface area contributed by atoms with Crippen molar-refractivity contribution in [1.82, 2.24) is 10.2 Å². The van der Waals surface area contributed by atoms with Gasteiger partial charge in [-0.2, -0.15) is 10.2 Å². The summed E-state index contributed by atoms with van der Waals surface area (Å²) in [5.74, 6) is 0.756. The second-order valence-electron chi connectivity index (χ2n) is 3.58. The van der Waals surface area contributed by atoms with Crippen LogP contribution < -0.4 is 4.74 Å². The summed E-state index contributed by atoms with van der Waals surface area (Å²) in [6.45, 7) is 2.53. The predicted molar refractivity (Wildman–Crippen MR) is 63.7 cm³/mol. The van der Waals surface area contributed by atoms with Crippen LogP contribution >= 0.6 is 0 Å². The van der Waals surface area contributed by atoms with E-state index in [0.717, 1.165) is 11.3 Å². The molecule has 4 heteroatoms. The number of benzene rings is 1. The normalized spacial score (nSPS) is 12.1. The van der Waals surface area contributed by atoms with Crippen LogP contribution in [0.3, 0.4) is 0 Å². The highest BCUT2D eigenvalue weighted by molar-refractivity contribution is 5.34. The van der Waals surface area contributed by atoms with Gasteiger partial charge in [0.15, 0.2) is 0 Å². The lowest BCUT2D eigenvalue weighted by Crippen LogP contribution is -2.01. The Labute approximate surface area is 99.9 Å². The van der Waals surface area contributed by atoms with E-state index in [0.29, 0.717) is 12.2 Å². The number of aliphatic hydroxyl groups excluding tert-OH is 1. The highest BCUT2D eigenvalue weighted by Crippen LogP contribution is 2.24. The molecule has 1 unspecified atom stereocenters. The summed E-state index contributed by atoms with van der Waals surface area (Å²) in [6.07, 6.45) is 2.41. The van der Waals surface area contributed by atoms with E-state index >= 15 is 0 Å². The highest BCUT2D eigenvalue weighted by Gasteiger charge is 2.11. The van der Waals surface area contributed by atoms with Crippen LogP contribution in [0.2, 0.25) is 0 Å². The number of ether oxygens (including phenoxy) is 1. The van der Waals surface area contributed by atoms with Gasteiger partial charge in [0.2, 0.25) is 0 Å². The molecule has 1 N–H and O–H groups in total. The van der Waals surface area contributed by atoms with Gasteiger partial charge in [0.1, 0.15) is 11.9 Å². The Morgan fingerprint density at radius 2 is 2.12 bits per heavy atom. The molecule has 2 aromatic rings. The van der Waals surface area contributed by atoms with Crippen LogP contribution in [0, 0.1) is 0 Å². The van der Waals surface area contributed by atoms with Crippen molar-refractivity contribution >= 4 is 0 Å². The van der Waals surface area contributed by atoms with Crippen molar-refractivity contribution in [3.63, 3.8) is 0 Å². The molecule has 0 saturated heterocycles. The number of hydrogen-bond donors (Lipinski definition) is 1. The fourth-order valence-corrected chi connectivity index (χ4v) is 1.60. The lowest BCUT2D eigenvalue weighted by atomic mass is 10.0. The standard InChI is InChI=1S/C13H14N2O2/c1-2-17-12-5-3-4-10(8-12)13(16)11-6-7-14-15-9-11/h3-9,13,16H,2H2,1H3. The van der Waals surface area contributed by atoms with E-state index in [9.17, 15) is 5.11 Å². The Hall–Kier alpha value is -1.94. The Balaban J connectivity index is 2.25. The lowest BCUT2D eigenvalue weighted by Gasteiger charge is -2.12. The van der Waals surface area contributed by atoms with Crippen LogP contribution in [0.5, 0.6) is 5.75 Å². The van der Waals surface area contributed by atoms with E-state index in [-0.39, 0.29) is 0 Å². The Kier molecular flexibility index (Phi) is 3.67. The molecular weight excluding hydrogens is 216 g/mol. The zero-order valence-electron chi connectivity index (χ0n) is 9.58. The number of aliphatic hydroxyl groups is 1. The maximum absolute atomic E-state index is 10.2. The van der Waals surface area contributed by atoms with Crippen LogP contribution in [0.15, 0.2) is 42.7 Å². The molecule has 88 valence electrons. The van der Waals surface area contributed by atoms with E-state index in [1.165, 1.54) is 0 Å². The summed E-state index contributed by atoms with van der Waals surface area (Å²) in [4.78, 5) is 0. The summed E-state index contributed by atoms with van der Waals surface area (Å²) in [6, 6.07) is 9.15. The van der Waals surface area contributed by atoms with Crippen molar-refractivity contribution in [1.29, 1.82) is 0 Å². The molecule has 0 radical (unpaired) electrons. The summed E-state index contributed by atoms with van der Waals surface area (Å²) in [7, 11) is 0. The monoisotopic (exact) mass is 230 g/mol. The van der Waals surface area contributed by atoms with Gasteiger partial charge in [0.25, 0.3) is 0 Å². The minimum absolute atomic E-state index is 0.608. The third-order valence-electron chi connectivity index (χ3n) is 2.41. The number of aromatic nitrogens is 2. The first kappa shape index (κ1) is 11.5. The summed E-state index contributed by atoms with van der Waals surface area (Å²) < 4.78 is 5.39. The molecule has 0 amide bonds. The predicted octanol–water partition coefficient (Wildman–Crippen LogP) is 1.96. The van der Waals surface area contributed by atoms with Crippen molar-refractivity contribution in [2.75, 3.05) is 6.61 Å². The van der Waals surface area contributed by atoms with Crippen LogP contribution in [0.25, 0.3) is 0 Å². The smallest absolute Gasteiger partial charge is 0.119 e. The van der Waals surface area contributed by atoms with Gasteiger partial charge in [0, 0.05) is 11.8 Å². The van der Waals surface area contributed by atoms with E-state index in [1.807, 2.05) is 31.2 Å². The summed E-state index contributed by atoms with van der Waals surface area (Å²) in [5, 5.41) is 17.6. The second kappa shape index (κ2) is 5.41. The van der Waals surface area contributed by atoms with Crippen molar-refractivity contribution in [2.24, 2.45) is 0 Å². The number of nitrogens with zero attached hydrogens (tertiary/aromatic N) is 2. The molecule has 0 saturated carbocycles. The molecule has 1 heterocycles. The topological polar surface area (TPSA) is 55.2 Å². The molecule has 1 aromatic heterocycles. The number of hydrogen-bond acceptors (Lipinski definition) is 4. The van der Waals surface area contributed by atoms with Gasteiger partial charge in [0.05, 0.1) is 12.8 Å². The Morgan fingerprint density at radius 1 is 1.24 bits per heavy atom. The number of rotatable bonds is 4. The molecule has 1 aromatic carbocycles. The maximum atomic E-state index is 10.2. The third-order valence-corrected chi connectivity index (χ3v) is 2.41. The molecule has 4 nitrogen and oxygen atoms in total. The van der Waals surface area contributed by atoms with Crippen LogP contribution in [0.1, 0.15) is 24.2 Å². The minimum atomic E-state index is -0.703. The lowest BCUT2D eigenvalue weighted by molar-refractivity contribution is 0.219. The van der Waals surface area contributed by atoms with E-state index in [2.05, 4.69) is 10.2 Å². The van der Waals surface area contributed by atoms with Gasteiger partial charge >= 0.3 is 0 Å². The first-order chi connectivity index (χ1) is 8.31. The maximum Gasteiger partial charge on any atom is 0.119 e. The highest BCUT2D eigenvalue weighted by atomic mass is 16.5. The van der Waals surface area contributed by atoms with Crippen molar-refractivity contribution in [2.45, 2.75) is 13.0 Å². The van der Waals surface area contributed by atoms with Crippen molar-refractivity contribution in [3.05, 3.63) is 53.9 Å². The molecule has 0 aliphatic heterocycles. The molecular formula is C13H14N2O2. The summed E-state index contributed by atoms with van der Waals surface area (Å²) in [5.41, 5.74) is 1.50. The SMILES string of the molecule is CCOc1cccc(C(O)c2ccnnc2)c1. The first-order valence-corrected chi connectivity index (χ1v) is 5.48. The Bertz CT molecular complexity index is 474. The van der Waals surface area contributed by atoms with Gasteiger partial charge in [-0.25, -0.2) is 0 Å². The second-order valence-corrected chi connectivity index (χ2v) is 3.58. The molecule has 0 spiro atoms. The Morgan fingerprint density at radius 3 is 2.82 bits per heavy atom. The largest absolute Gasteiger partial charge is 0.494 e. The van der Waals surface area contributed by atoms with Crippen LogP contribution in [0.4, 0.5) is 0 Å². The molecule has 2 rings (SSSR count). The molecule has 0 aliphatic carbocycles. The fraction of sp³-hybridized carbons (Fsp3) is 0.231. The van der Waals surface area contributed by atoms with E-state index in [4.69, 9.17) is 4.74 Å². The summed E-state index contributed by atoms with van der Waals surface area (Å²) >= 11 is 0. The van der Waals surface area contributed by atoms with Crippen LogP contribution in [-0.4, -0.2) is 21.9 Å². The van der Waals surface area contributed by atoms with Crippen molar-refractivity contribution < 1.29 is 9.84 Å². The van der Waals surface area contributed by atoms with E-state index in [1.54, 1.807) is 18.5 Å². The zero-order chi connectivity index (χ0) is 12.1. The molecule has 1 atom stereocenters. The zero-order valence-corrected chi connectivity index (χ0v) is 9.58. The molecule has 0 aliphatic rings. The van der Waals surface area contributed by atoms with E-state index < -0.39 is 6.10 Å². The van der Waals surface area contributed by atoms with Gasteiger partial charge in [-0.3, -0.25) is 0 Å². The average Bonchev–Trinajstić information content (AvgIpc) is 2.40.